The standard InChI is InChI=1S/C15H13N5O/c1-11-3-2-4-13(9-11)17-15(21)12-5-7-14(8-6-12)20-10-16-18-19-20/h2-10H,1H3,(H,17,21). The third-order valence-electron chi connectivity index (χ3n) is 3.02. The Balaban J connectivity index is 1.76. The fraction of sp³-hybridized carbons (Fsp3) is 0.0667. The number of nitrogens with one attached hydrogen (secondary N) is 1. The van der Waals surface area contributed by atoms with Gasteiger partial charge >= 0.3 is 0 Å². The van der Waals surface area contributed by atoms with Crippen LogP contribution >= 0.6 is 0 Å². The average molecular weight is 279 g/mol. The van der Waals surface area contributed by atoms with Gasteiger partial charge in [0.1, 0.15) is 6.33 Å². The summed E-state index contributed by atoms with van der Waals surface area (Å²) in [4.78, 5) is 12.2. The van der Waals surface area contributed by atoms with Crippen LogP contribution in [-0.4, -0.2) is 26.1 Å². The average Bonchev–Trinajstić information content (AvgIpc) is 3.01. The van der Waals surface area contributed by atoms with E-state index in [0.29, 0.717) is 5.56 Å². The largest absolute Gasteiger partial charge is 0.322 e. The maximum atomic E-state index is 12.2. The van der Waals surface area contributed by atoms with Crippen molar-refractivity contribution >= 4 is 11.6 Å². The number of rotatable bonds is 3. The summed E-state index contributed by atoms with van der Waals surface area (Å²) in [5.41, 5.74) is 3.26. The van der Waals surface area contributed by atoms with Crippen LogP contribution in [-0.2, 0) is 0 Å². The predicted octanol–water partition coefficient (Wildman–Crippen LogP) is 2.22. The molecule has 0 aliphatic heterocycles. The fourth-order valence-corrected chi connectivity index (χ4v) is 1.97. The van der Waals surface area contributed by atoms with Crippen LogP contribution in [0.15, 0.2) is 54.9 Å². The molecule has 0 radical (unpaired) electrons. The lowest BCUT2D eigenvalue weighted by Crippen LogP contribution is -2.12. The second-order valence-electron chi connectivity index (χ2n) is 4.62. The highest BCUT2D eigenvalue weighted by atomic mass is 16.1. The minimum absolute atomic E-state index is 0.149. The molecule has 6 nitrogen and oxygen atoms in total. The highest BCUT2D eigenvalue weighted by molar-refractivity contribution is 6.04. The van der Waals surface area contributed by atoms with E-state index in [1.54, 1.807) is 24.3 Å². The lowest BCUT2D eigenvalue weighted by atomic mass is 10.1. The van der Waals surface area contributed by atoms with Gasteiger partial charge in [-0.1, -0.05) is 12.1 Å². The number of amides is 1. The van der Waals surface area contributed by atoms with Crippen molar-refractivity contribution in [1.82, 2.24) is 20.2 Å². The van der Waals surface area contributed by atoms with Crippen molar-refractivity contribution < 1.29 is 4.79 Å². The molecular formula is C15H13N5O. The Morgan fingerprint density at radius 3 is 2.62 bits per heavy atom. The molecule has 0 fully saturated rings. The van der Waals surface area contributed by atoms with Gasteiger partial charge in [0.25, 0.3) is 5.91 Å². The summed E-state index contributed by atoms with van der Waals surface area (Å²) in [7, 11) is 0. The molecule has 0 atom stereocenters. The maximum absolute atomic E-state index is 12.2. The van der Waals surface area contributed by atoms with Crippen LogP contribution in [0.3, 0.4) is 0 Å². The topological polar surface area (TPSA) is 72.7 Å². The Kier molecular flexibility index (Phi) is 3.42. The number of carbonyl (C=O) groups is 1. The number of tetrazole rings is 1. The monoisotopic (exact) mass is 279 g/mol. The van der Waals surface area contributed by atoms with Crippen molar-refractivity contribution in [2.24, 2.45) is 0 Å². The van der Waals surface area contributed by atoms with Gasteiger partial charge in [-0.05, 0) is 59.3 Å². The molecular weight excluding hydrogens is 266 g/mol. The number of nitrogens with zero attached hydrogens (tertiary/aromatic N) is 4. The summed E-state index contributed by atoms with van der Waals surface area (Å²) in [6.45, 7) is 1.98. The molecule has 1 aromatic heterocycles. The van der Waals surface area contributed by atoms with E-state index < -0.39 is 0 Å². The highest BCUT2D eigenvalue weighted by Crippen LogP contribution is 2.13. The first-order valence-electron chi connectivity index (χ1n) is 6.44. The van der Waals surface area contributed by atoms with Gasteiger partial charge in [0.15, 0.2) is 0 Å². The van der Waals surface area contributed by atoms with Gasteiger partial charge < -0.3 is 5.32 Å². The molecule has 0 aliphatic carbocycles. The predicted molar refractivity (Wildman–Crippen MR) is 78.3 cm³/mol. The van der Waals surface area contributed by atoms with E-state index in [1.165, 1.54) is 11.0 Å². The fourth-order valence-electron chi connectivity index (χ4n) is 1.97. The summed E-state index contributed by atoms with van der Waals surface area (Å²) in [6, 6.07) is 14.7. The number of aromatic nitrogens is 4. The Morgan fingerprint density at radius 2 is 1.95 bits per heavy atom. The summed E-state index contributed by atoms with van der Waals surface area (Å²) < 4.78 is 1.53. The minimum atomic E-state index is -0.149. The molecule has 0 aliphatic rings. The molecule has 1 N–H and O–H groups in total. The van der Waals surface area contributed by atoms with Crippen molar-refractivity contribution in [2.45, 2.75) is 6.92 Å². The minimum Gasteiger partial charge on any atom is -0.322 e. The summed E-state index contributed by atoms with van der Waals surface area (Å²) >= 11 is 0. The first kappa shape index (κ1) is 13.0. The smallest absolute Gasteiger partial charge is 0.255 e. The van der Waals surface area contributed by atoms with Crippen LogP contribution in [0.2, 0.25) is 0 Å². The first-order chi connectivity index (χ1) is 10.2. The quantitative estimate of drug-likeness (QED) is 0.798. The van der Waals surface area contributed by atoms with Crippen LogP contribution < -0.4 is 5.32 Å². The molecule has 21 heavy (non-hydrogen) atoms. The second-order valence-corrected chi connectivity index (χ2v) is 4.62. The van der Waals surface area contributed by atoms with Gasteiger partial charge in [0, 0.05) is 11.3 Å². The Morgan fingerprint density at radius 1 is 1.14 bits per heavy atom. The molecule has 1 heterocycles. The van der Waals surface area contributed by atoms with E-state index in [9.17, 15) is 4.79 Å². The van der Waals surface area contributed by atoms with Crippen LogP contribution in [0, 0.1) is 6.92 Å². The summed E-state index contributed by atoms with van der Waals surface area (Å²) in [5, 5.41) is 13.8. The SMILES string of the molecule is Cc1cccc(NC(=O)c2ccc(-n3cnnn3)cc2)c1. The van der Waals surface area contributed by atoms with Crippen molar-refractivity contribution in [3.05, 3.63) is 66.0 Å². The van der Waals surface area contributed by atoms with Crippen molar-refractivity contribution in [2.75, 3.05) is 5.32 Å². The number of anilines is 1. The summed E-state index contributed by atoms with van der Waals surface area (Å²) in [6.07, 6.45) is 1.50. The Hall–Kier alpha value is -3.02. The normalized spacial score (nSPS) is 10.3. The van der Waals surface area contributed by atoms with E-state index in [4.69, 9.17) is 0 Å². The van der Waals surface area contributed by atoms with Gasteiger partial charge in [-0.2, -0.15) is 0 Å². The van der Waals surface area contributed by atoms with Gasteiger partial charge in [-0.25, -0.2) is 4.68 Å². The lowest BCUT2D eigenvalue weighted by Gasteiger charge is -2.06. The van der Waals surface area contributed by atoms with E-state index in [2.05, 4.69) is 20.8 Å². The number of carbonyl (C=O) groups excluding carboxylic acids is 1. The molecule has 1 amide bonds. The van der Waals surface area contributed by atoms with Crippen LogP contribution in [0.4, 0.5) is 5.69 Å². The molecule has 3 rings (SSSR count). The van der Waals surface area contributed by atoms with E-state index in [1.807, 2.05) is 31.2 Å². The number of aryl methyl sites for hydroxylation is 1. The Labute approximate surface area is 121 Å². The van der Waals surface area contributed by atoms with Crippen LogP contribution in [0.1, 0.15) is 15.9 Å². The molecule has 6 heteroatoms. The molecule has 2 aromatic carbocycles. The maximum Gasteiger partial charge on any atom is 0.255 e. The zero-order chi connectivity index (χ0) is 14.7. The molecule has 3 aromatic rings. The lowest BCUT2D eigenvalue weighted by molar-refractivity contribution is 0.102. The molecule has 0 saturated carbocycles. The van der Waals surface area contributed by atoms with Gasteiger partial charge in [-0.15, -0.1) is 5.10 Å². The van der Waals surface area contributed by atoms with E-state index >= 15 is 0 Å². The van der Waals surface area contributed by atoms with Gasteiger partial charge in [0.2, 0.25) is 0 Å². The summed E-state index contributed by atoms with van der Waals surface area (Å²) in [5.74, 6) is -0.149. The van der Waals surface area contributed by atoms with Crippen molar-refractivity contribution in [1.29, 1.82) is 0 Å². The molecule has 0 unspecified atom stereocenters. The Bertz CT molecular complexity index is 750. The number of benzene rings is 2. The van der Waals surface area contributed by atoms with Crippen molar-refractivity contribution in [3.63, 3.8) is 0 Å². The molecule has 0 spiro atoms. The third-order valence-corrected chi connectivity index (χ3v) is 3.02. The second kappa shape index (κ2) is 5.54. The number of hydrogen-bond acceptors (Lipinski definition) is 4. The molecule has 0 saturated heterocycles. The van der Waals surface area contributed by atoms with Crippen LogP contribution in [0.5, 0.6) is 0 Å². The zero-order valence-electron chi connectivity index (χ0n) is 11.4. The number of hydrogen-bond donors (Lipinski definition) is 1. The van der Waals surface area contributed by atoms with Gasteiger partial charge in [0.05, 0.1) is 5.69 Å². The van der Waals surface area contributed by atoms with Crippen LogP contribution in [0.25, 0.3) is 5.69 Å². The van der Waals surface area contributed by atoms with Crippen molar-refractivity contribution in [3.8, 4) is 5.69 Å². The molecule has 104 valence electrons. The zero-order valence-corrected chi connectivity index (χ0v) is 11.4. The first-order valence-corrected chi connectivity index (χ1v) is 6.44. The van der Waals surface area contributed by atoms with Gasteiger partial charge in [-0.3, -0.25) is 4.79 Å². The molecule has 0 bridgehead atoms. The third kappa shape index (κ3) is 2.94. The van der Waals surface area contributed by atoms with E-state index in [0.717, 1.165) is 16.9 Å². The van der Waals surface area contributed by atoms with E-state index in [-0.39, 0.29) is 5.91 Å². The highest BCUT2D eigenvalue weighted by Gasteiger charge is 2.07.